The van der Waals surface area contributed by atoms with Crippen LogP contribution in [0, 0.1) is 5.39 Å². The molecular formula is C30H31N6O6S+. The molecule has 3 aromatic rings. The van der Waals surface area contributed by atoms with E-state index in [0.29, 0.717) is 11.8 Å². The van der Waals surface area contributed by atoms with Crippen molar-refractivity contribution in [3.05, 3.63) is 95.3 Å². The second-order valence-electron chi connectivity index (χ2n) is 10.5. The van der Waals surface area contributed by atoms with Crippen LogP contribution >= 0.6 is 0 Å². The quantitative estimate of drug-likeness (QED) is 0.263. The van der Waals surface area contributed by atoms with Gasteiger partial charge in [-0.1, -0.05) is 60.7 Å². The second kappa shape index (κ2) is 12.6. The fourth-order valence-corrected chi connectivity index (χ4v) is 6.73. The van der Waals surface area contributed by atoms with Crippen LogP contribution in [0.4, 0.5) is 0 Å². The van der Waals surface area contributed by atoms with Crippen LogP contribution < -0.4 is 10.0 Å². The molecule has 12 nitrogen and oxygen atoms in total. The van der Waals surface area contributed by atoms with Gasteiger partial charge in [-0.2, -0.15) is 4.72 Å². The molecule has 2 fully saturated rings. The fraction of sp³-hybridized carbons (Fsp3) is 0.300. The van der Waals surface area contributed by atoms with E-state index in [4.69, 9.17) is 5.39 Å². The van der Waals surface area contributed by atoms with Crippen molar-refractivity contribution in [2.45, 2.75) is 55.1 Å². The van der Waals surface area contributed by atoms with E-state index in [-0.39, 0.29) is 37.1 Å². The molecule has 13 heteroatoms. The molecule has 2 aliphatic rings. The number of nitrogens with zero attached hydrogens (tertiary/aromatic N) is 4. The Hall–Kier alpha value is -4.80. The van der Waals surface area contributed by atoms with E-state index in [9.17, 15) is 27.9 Å². The van der Waals surface area contributed by atoms with Crippen LogP contribution in [-0.4, -0.2) is 65.9 Å². The van der Waals surface area contributed by atoms with Crippen molar-refractivity contribution in [3.8, 4) is 0 Å². The van der Waals surface area contributed by atoms with Gasteiger partial charge in [-0.05, 0) is 47.7 Å². The van der Waals surface area contributed by atoms with Crippen molar-refractivity contribution >= 4 is 38.5 Å². The van der Waals surface area contributed by atoms with Gasteiger partial charge >= 0.3 is 6.20 Å². The van der Waals surface area contributed by atoms with Gasteiger partial charge in [0.1, 0.15) is 12.1 Å². The minimum atomic E-state index is -4.17. The van der Waals surface area contributed by atoms with Crippen LogP contribution in [0.3, 0.4) is 0 Å². The first kappa shape index (κ1) is 29.7. The summed E-state index contributed by atoms with van der Waals surface area (Å²) in [5, 5.41) is 26.0. The number of aliphatic hydroxyl groups excluding tert-OH is 1. The van der Waals surface area contributed by atoms with Gasteiger partial charge in [0.25, 0.3) is 5.91 Å². The summed E-state index contributed by atoms with van der Waals surface area (Å²) in [5.41, 5.74) is 0.778. The summed E-state index contributed by atoms with van der Waals surface area (Å²) < 4.78 is 29.3. The molecule has 0 aromatic heterocycles. The van der Waals surface area contributed by atoms with Gasteiger partial charge in [-0.25, -0.2) is 13.4 Å². The molecule has 5 rings (SSSR count). The lowest BCUT2D eigenvalue weighted by Crippen LogP contribution is -2.64. The number of diazo groups is 1. The summed E-state index contributed by atoms with van der Waals surface area (Å²) in [6, 6.07) is 17.5. The van der Waals surface area contributed by atoms with Crippen LogP contribution in [0.2, 0.25) is 0 Å². The molecule has 2 aliphatic heterocycles. The van der Waals surface area contributed by atoms with Crippen LogP contribution in [0.5, 0.6) is 0 Å². The molecule has 2 saturated heterocycles. The summed E-state index contributed by atoms with van der Waals surface area (Å²) in [5.74, 6) is -2.19. The molecule has 0 aliphatic carbocycles. The predicted octanol–water partition coefficient (Wildman–Crippen LogP) is 3.00. The van der Waals surface area contributed by atoms with E-state index in [1.807, 2.05) is 18.2 Å². The number of hydrogen-bond acceptors (Lipinski definition) is 7. The largest absolute Gasteiger partial charge is 0.504 e. The first-order chi connectivity index (χ1) is 20.7. The number of aliphatic hydroxyl groups is 1. The first-order valence-electron chi connectivity index (χ1n) is 13.9. The molecule has 3 amide bonds. The highest BCUT2D eigenvalue weighted by Crippen LogP contribution is 2.27. The number of benzene rings is 3. The maximum atomic E-state index is 13.9. The van der Waals surface area contributed by atoms with Gasteiger partial charge in [0.15, 0.2) is 4.98 Å². The van der Waals surface area contributed by atoms with Gasteiger partial charge in [-0.15, -0.1) is 0 Å². The van der Waals surface area contributed by atoms with E-state index < -0.39 is 51.6 Å². The highest BCUT2D eigenvalue weighted by atomic mass is 32.2. The third kappa shape index (κ3) is 6.50. The summed E-state index contributed by atoms with van der Waals surface area (Å²) >= 11 is 0. The number of carbonyl (C=O) groups excluding carboxylic acids is 3. The zero-order valence-corrected chi connectivity index (χ0v) is 24.0. The fourth-order valence-electron chi connectivity index (χ4n) is 5.47. The second-order valence-corrected chi connectivity index (χ2v) is 12.2. The molecule has 0 spiro atoms. The number of sulfonamides is 1. The van der Waals surface area contributed by atoms with Crippen LogP contribution in [0.25, 0.3) is 15.7 Å². The van der Waals surface area contributed by atoms with E-state index in [2.05, 4.69) is 15.0 Å². The van der Waals surface area contributed by atoms with E-state index in [0.717, 1.165) is 22.2 Å². The molecule has 0 radical (unpaired) electrons. The average Bonchev–Trinajstić information content (AvgIpc) is 3.13. The Balaban J connectivity index is 1.39. The van der Waals surface area contributed by atoms with Crippen molar-refractivity contribution in [1.82, 2.24) is 20.1 Å². The Bertz CT molecular complexity index is 1720. The van der Waals surface area contributed by atoms with Crippen LogP contribution in [-0.2, 0) is 30.8 Å². The van der Waals surface area contributed by atoms with Gasteiger partial charge in [0.2, 0.25) is 33.0 Å². The van der Waals surface area contributed by atoms with Gasteiger partial charge in [0.05, 0.1) is 10.9 Å². The zero-order valence-electron chi connectivity index (χ0n) is 23.2. The van der Waals surface area contributed by atoms with Crippen molar-refractivity contribution in [2.24, 2.45) is 0 Å². The normalized spacial score (nSPS) is 20.2. The third-order valence-electron chi connectivity index (χ3n) is 7.64. The Morgan fingerprint density at radius 1 is 1.05 bits per heavy atom. The average molecular weight is 604 g/mol. The standard InChI is InChI=1S/C30H30N6O6S/c31-32-19-27(37)25(17-20-7-2-1-3-8-20)33-29(39)26-11-6-16-35-28(38)15-14-24(30(40)36(26)35)34-43(41,42)23-13-12-21-9-4-5-10-22(21)18-23/h1-5,7-10,12-13,18-19,24-26,34H,6,11,14-17H2,(H-,33,37,39)/p+1/b27-19-/t24-,25-,26-/m0/s1. The molecular weight excluding hydrogens is 572 g/mol. The number of hydrogen-bond donors (Lipinski definition) is 3. The van der Waals surface area contributed by atoms with E-state index in [1.165, 1.54) is 17.1 Å². The first-order valence-corrected chi connectivity index (χ1v) is 15.4. The monoisotopic (exact) mass is 603 g/mol. The number of amides is 3. The highest BCUT2D eigenvalue weighted by molar-refractivity contribution is 7.89. The lowest BCUT2D eigenvalue weighted by atomic mass is 10.0. The molecule has 0 unspecified atom stereocenters. The smallest absolute Gasteiger partial charge is 0.389 e. The maximum Gasteiger partial charge on any atom is 0.389 e. The van der Waals surface area contributed by atoms with Gasteiger partial charge in [-0.3, -0.25) is 19.4 Å². The third-order valence-corrected chi connectivity index (χ3v) is 9.11. The molecule has 0 saturated carbocycles. The summed E-state index contributed by atoms with van der Waals surface area (Å²) in [6.07, 6.45) is 1.42. The topological polar surface area (TPSA) is 164 Å². The zero-order chi connectivity index (χ0) is 30.6. The Morgan fingerprint density at radius 3 is 2.51 bits per heavy atom. The number of nitrogens with one attached hydrogen (secondary N) is 2. The minimum absolute atomic E-state index is 0.0281. The number of rotatable bonds is 8. The lowest BCUT2D eigenvalue weighted by Gasteiger charge is -2.43. The van der Waals surface area contributed by atoms with E-state index >= 15 is 0 Å². The van der Waals surface area contributed by atoms with Crippen molar-refractivity contribution < 1.29 is 27.9 Å². The van der Waals surface area contributed by atoms with Crippen LogP contribution in [0.1, 0.15) is 31.2 Å². The molecule has 3 atom stereocenters. The Kier molecular flexibility index (Phi) is 8.70. The SMILES string of the molecule is N#[N+]/C=C(\O)[C@H](Cc1ccccc1)NC(=O)[C@@H]1CCCN2C(=O)CC[C@H](NS(=O)(=O)c3ccc4ccccc4c3)C(=O)N12. The van der Waals surface area contributed by atoms with Crippen LogP contribution in [0.15, 0.2) is 89.7 Å². The molecule has 3 aromatic carbocycles. The predicted molar refractivity (Wildman–Crippen MR) is 157 cm³/mol. The van der Waals surface area contributed by atoms with E-state index in [1.54, 1.807) is 42.5 Å². The summed E-state index contributed by atoms with van der Waals surface area (Å²) in [6.45, 7) is 0.195. The molecule has 222 valence electrons. The van der Waals surface area contributed by atoms with Crippen molar-refractivity contribution in [2.75, 3.05) is 6.54 Å². The highest BCUT2D eigenvalue weighted by Gasteiger charge is 2.45. The van der Waals surface area contributed by atoms with Crippen molar-refractivity contribution in [1.29, 1.82) is 5.39 Å². The molecule has 0 bridgehead atoms. The maximum absolute atomic E-state index is 13.9. The lowest BCUT2D eigenvalue weighted by molar-refractivity contribution is -0.176. The van der Waals surface area contributed by atoms with Gasteiger partial charge in [0, 0.05) is 19.4 Å². The summed E-state index contributed by atoms with van der Waals surface area (Å²) in [7, 11) is -4.17. The number of hydrazine groups is 1. The summed E-state index contributed by atoms with van der Waals surface area (Å²) in [4.78, 5) is 43.5. The number of fused-ring (bicyclic) bond motifs is 2. The van der Waals surface area contributed by atoms with Crippen molar-refractivity contribution in [3.63, 3.8) is 0 Å². The Morgan fingerprint density at radius 2 is 1.77 bits per heavy atom. The minimum Gasteiger partial charge on any atom is -0.504 e. The molecule has 2 heterocycles. The number of carbonyl (C=O) groups is 3. The Labute approximate surface area is 248 Å². The molecule has 43 heavy (non-hydrogen) atoms. The molecule has 3 N–H and O–H groups in total. The van der Waals surface area contributed by atoms with Gasteiger partial charge < -0.3 is 10.4 Å².